The highest BCUT2D eigenvalue weighted by molar-refractivity contribution is 5.98. The number of aliphatic carboxylic acids is 1. The van der Waals surface area contributed by atoms with Crippen LogP contribution in [0.1, 0.15) is 57.1 Å². The molecule has 0 aromatic carbocycles. The molecule has 1 aromatic rings. The monoisotopic (exact) mass is 281 g/mol. The molecule has 0 saturated heterocycles. The number of carbonyl (C=O) groups is 2. The first kappa shape index (κ1) is 16.2. The molecule has 0 aliphatic heterocycles. The number of carboxylic acid groups (broad SMARTS) is 1. The first-order valence-electron chi connectivity index (χ1n) is 6.64. The molecule has 20 heavy (non-hydrogen) atoms. The molecule has 0 aliphatic rings. The normalized spacial score (nSPS) is 14.7. The van der Waals surface area contributed by atoms with Crippen molar-refractivity contribution in [1.29, 1.82) is 0 Å². The lowest BCUT2D eigenvalue weighted by molar-refractivity contribution is -0.143. The first-order chi connectivity index (χ1) is 9.03. The third-order valence-corrected chi connectivity index (χ3v) is 3.46. The van der Waals surface area contributed by atoms with Gasteiger partial charge in [-0.25, -0.2) is 4.79 Å². The summed E-state index contributed by atoms with van der Waals surface area (Å²) in [5, 5.41) is 16.0. The van der Waals surface area contributed by atoms with Crippen molar-refractivity contribution in [3.05, 3.63) is 17.5 Å². The van der Waals surface area contributed by atoms with E-state index in [1.807, 2.05) is 20.8 Å². The summed E-state index contributed by atoms with van der Waals surface area (Å²) in [5.41, 5.74) is -0.378. The van der Waals surface area contributed by atoms with E-state index >= 15 is 0 Å². The molecule has 0 spiro atoms. The molecular weight excluding hydrogens is 258 g/mol. The van der Waals surface area contributed by atoms with Crippen LogP contribution in [0.2, 0.25) is 0 Å². The second-order valence-electron chi connectivity index (χ2n) is 6.17. The van der Waals surface area contributed by atoms with Crippen LogP contribution in [0.15, 0.2) is 6.20 Å². The maximum Gasteiger partial charge on any atom is 0.329 e. The zero-order valence-corrected chi connectivity index (χ0v) is 12.9. The molecule has 0 bridgehead atoms. The van der Waals surface area contributed by atoms with Gasteiger partial charge in [-0.2, -0.15) is 5.10 Å². The number of hydrogen-bond donors (Lipinski definition) is 2. The van der Waals surface area contributed by atoms with Crippen LogP contribution in [-0.2, 0) is 10.3 Å². The fourth-order valence-corrected chi connectivity index (χ4v) is 1.92. The lowest BCUT2D eigenvalue weighted by atomic mass is 9.98. The Morgan fingerprint density at radius 1 is 1.35 bits per heavy atom. The smallest absolute Gasteiger partial charge is 0.329 e. The Labute approximate surface area is 119 Å². The summed E-state index contributed by atoms with van der Waals surface area (Å²) in [5.74, 6) is -1.46. The minimum Gasteiger partial charge on any atom is -0.480 e. The molecule has 1 aromatic heterocycles. The topological polar surface area (TPSA) is 84.2 Å². The standard InChI is InChI=1S/C14H23N3O3/c1-7-14(6,12(19)20)16-11(18)10-8-15-17(9(10)2)13(3,4)5/h8H,7H2,1-6H3,(H,16,18)(H,19,20). The van der Waals surface area contributed by atoms with Crippen molar-refractivity contribution in [2.45, 2.75) is 59.0 Å². The van der Waals surface area contributed by atoms with Crippen LogP contribution in [0.25, 0.3) is 0 Å². The number of carbonyl (C=O) groups excluding carboxylic acids is 1. The number of nitrogens with zero attached hydrogens (tertiary/aromatic N) is 2. The fourth-order valence-electron chi connectivity index (χ4n) is 1.92. The van der Waals surface area contributed by atoms with Gasteiger partial charge in [-0.3, -0.25) is 9.48 Å². The van der Waals surface area contributed by atoms with E-state index in [4.69, 9.17) is 0 Å². The minimum atomic E-state index is -1.27. The molecule has 0 radical (unpaired) electrons. The van der Waals surface area contributed by atoms with Gasteiger partial charge in [-0.15, -0.1) is 0 Å². The van der Waals surface area contributed by atoms with E-state index in [0.717, 1.165) is 5.69 Å². The predicted molar refractivity (Wildman–Crippen MR) is 75.8 cm³/mol. The van der Waals surface area contributed by atoms with Crippen LogP contribution in [-0.4, -0.2) is 32.3 Å². The average molecular weight is 281 g/mol. The molecule has 0 fully saturated rings. The van der Waals surface area contributed by atoms with E-state index in [2.05, 4.69) is 10.4 Å². The highest BCUT2D eigenvalue weighted by Gasteiger charge is 2.34. The van der Waals surface area contributed by atoms with Gasteiger partial charge in [0.2, 0.25) is 0 Å². The molecule has 0 aliphatic carbocycles. The zero-order valence-electron chi connectivity index (χ0n) is 12.9. The Bertz CT molecular complexity index is 528. The van der Waals surface area contributed by atoms with E-state index in [9.17, 15) is 14.7 Å². The number of amides is 1. The van der Waals surface area contributed by atoms with Gasteiger partial charge in [0.15, 0.2) is 0 Å². The molecule has 1 amide bonds. The Morgan fingerprint density at radius 3 is 2.25 bits per heavy atom. The summed E-state index contributed by atoms with van der Waals surface area (Å²) >= 11 is 0. The van der Waals surface area contributed by atoms with Crippen molar-refractivity contribution < 1.29 is 14.7 Å². The highest BCUT2D eigenvalue weighted by Crippen LogP contribution is 2.19. The fraction of sp³-hybridized carbons (Fsp3) is 0.643. The zero-order chi connectivity index (χ0) is 15.7. The number of rotatable bonds is 4. The molecular formula is C14H23N3O3. The molecule has 112 valence electrons. The number of carboxylic acids is 1. The Hall–Kier alpha value is -1.85. The number of aromatic nitrogens is 2. The predicted octanol–water partition coefficient (Wildman–Crippen LogP) is 1.93. The largest absolute Gasteiger partial charge is 0.480 e. The van der Waals surface area contributed by atoms with Crippen LogP contribution in [0.4, 0.5) is 0 Å². The summed E-state index contributed by atoms with van der Waals surface area (Å²) in [7, 11) is 0. The van der Waals surface area contributed by atoms with Crippen molar-refractivity contribution in [2.75, 3.05) is 0 Å². The maximum atomic E-state index is 12.3. The van der Waals surface area contributed by atoms with Crippen molar-refractivity contribution in [3.8, 4) is 0 Å². The van der Waals surface area contributed by atoms with Crippen molar-refractivity contribution in [2.24, 2.45) is 0 Å². The Balaban J connectivity index is 3.06. The molecule has 1 rings (SSSR count). The quantitative estimate of drug-likeness (QED) is 0.883. The van der Waals surface area contributed by atoms with Gasteiger partial charge in [0.25, 0.3) is 5.91 Å². The number of nitrogens with one attached hydrogen (secondary N) is 1. The first-order valence-corrected chi connectivity index (χ1v) is 6.64. The van der Waals surface area contributed by atoms with Crippen LogP contribution in [0, 0.1) is 6.92 Å². The van der Waals surface area contributed by atoms with Gasteiger partial charge < -0.3 is 10.4 Å². The van der Waals surface area contributed by atoms with E-state index in [-0.39, 0.29) is 5.54 Å². The maximum absolute atomic E-state index is 12.3. The summed E-state index contributed by atoms with van der Waals surface area (Å²) in [4.78, 5) is 23.5. The second kappa shape index (κ2) is 5.26. The molecule has 1 heterocycles. The summed E-state index contributed by atoms with van der Waals surface area (Å²) < 4.78 is 1.76. The van der Waals surface area contributed by atoms with Gasteiger partial charge in [0.1, 0.15) is 5.54 Å². The average Bonchev–Trinajstić information content (AvgIpc) is 2.70. The van der Waals surface area contributed by atoms with Crippen molar-refractivity contribution in [3.63, 3.8) is 0 Å². The second-order valence-corrected chi connectivity index (χ2v) is 6.17. The minimum absolute atomic E-state index is 0.233. The van der Waals surface area contributed by atoms with Crippen LogP contribution >= 0.6 is 0 Å². The van der Waals surface area contributed by atoms with E-state index < -0.39 is 17.4 Å². The lowest BCUT2D eigenvalue weighted by Crippen LogP contribution is -2.51. The molecule has 6 heteroatoms. The molecule has 1 atom stereocenters. The number of hydrogen-bond acceptors (Lipinski definition) is 3. The van der Waals surface area contributed by atoms with E-state index in [1.165, 1.54) is 13.1 Å². The SMILES string of the molecule is CCC(C)(NC(=O)c1cnn(C(C)(C)C)c1C)C(=O)O. The van der Waals surface area contributed by atoms with E-state index in [0.29, 0.717) is 12.0 Å². The van der Waals surface area contributed by atoms with Gasteiger partial charge in [-0.1, -0.05) is 6.92 Å². The molecule has 2 N–H and O–H groups in total. The van der Waals surface area contributed by atoms with Crippen molar-refractivity contribution in [1.82, 2.24) is 15.1 Å². The molecule has 1 unspecified atom stereocenters. The summed E-state index contributed by atoms with van der Waals surface area (Å²) in [6, 6.07) is 0. The van der Waals surface area contributed by atoms with E-state index in [1.54, 1.807) is 18.5 Å². The van der Waals surface area contributed by atoms with Crippen LogP contribution in [0.3, 0.4) is 0 Å². The van der Waals surface area contributed by atoms with Gasteiger partial charge >= 0.3 is 5.97 Å². The van der Waals surface area contributed by atoms with Crippen molar-refractivity contribution >= 4 is 11.9 Å². The van der Waals surface area contributed by atoms with Gasteiger partial charge in [0.05, 0.1) is 17.3 Å². The third-order valence-electron chi connectivity index (χ3n) is 3.46. The van der Waals surface area contributed by atoms with Crippen LogP contribution < -0.4 is 5.32 Å². The van der Waals surface area contributed by atoms with Gasteiger partial charge in [-0.05, 0) is 41.0 Å². The molecule has 6 nitrogen and oxygen atoms in total. The molecule has 0 saturated carbocycles. The Kier molecular flexibility index (Phi) is 4.27. The highest BCUT2D eigenvalue weighted by atomic mass is 16.4. The van der Waals surface area contributed by atoms with Gasteiger partial charge in [0, 0.05) is 5.69 Å². The summed E-state index contributed by atoms with van der Waals surface area (Å²) in [6.07, 6.45) is 1.79. The summed E-state index contributed by atoms with van der Waals surface area (Å²) in [6.45, 7) is 11.0. The van der Waals surface area contributed by atoms with Crippen LogP contribution in [0.5, 0.6) is 0 Å². The Morgan fingerprint density at radius 2 is 1.90 bits per heavy atom. The third kappa shape index (κ3) is 3.00. The lowest BCUT2D eigenvalue weighted by Gasteiger charge is -2.25.